The van der Waals surface area contributed by atoms with Gasteiger partial charge < -0.3 is 26.6 Å². The van der Waals surface area contributed by atoms with Crippen molar-refractivity contribution in [1.29, 1.82) is 0 Å². The van der Waals surface area contributed by atoms with E-state index in [0.717, 1.165) is 67.6 Å². The summed E-state index contributed by atoms with van der Waals surface area (Å²) in [6.45, 7) is 8.15. The maximum atomic E-state index is 13.7. The Balaban J connectivity index is 0.00000562. The molecule has 1 aliphatic carbocycles. The van der Waals surface area contributed by atoms with Crippen LogP contribution < -0.4 is 21.7 Å². The van der Waals surface area contributed by atoms with Gasteiger partial charge in [0.1, 0.15) is 6.04 Å². The number of hydrogen-bond donors (Lipinski definition) is 5. The van der Waals surface area contributed by atoms with Gasteiger partial charge in [-0.2, -0.15) is 5.21 Å². The first-order valence-electron chi connectivity index (χ1n) is 17.2. The summed E-state index contributed by atoms with van der Waals surface area (Å²) in [4.78, 5) is 42.2. The van der Waals surface area contributed by atoms with Crippen LogP contribution in [0.5, 0.6) is 0 Å². The van der Waals surface area contributed by atoms with Crippen LogP contribution in [0.25, 0.3) is 22.5 Å². The van der Waals surface area contributed by atoms with E-state index in [4.69, 9.17) is 5.73 Å². The van der Waals surface area contributed by atoms with Crippen molar-refractivity contribution in [2.45, 2.75) is 52.0 Å². The SMILES string of the molecule is CCN(CC)CCNC(=O)c1cccc(-c2ccc(C[C@H](NC(=O)C3CCC(CN)CC3)C(=O)Nc3ccc(-c4nn[nH]n4)cc3)cc2)c1.Cl. The summed E-state index contributed by atoms with van der Waals surface area (Å²) in [5.74, 6) is 0.251. The van der Waals surface area contributed by atoms with Gasteiger partial charge in [-0.15, -0.1) is 22.6 Å². The minimum atomic E-state index is -0.786. The molecule has 3 aromatic carbocycles. The zero-order valence-corrected chi connectivity index (χ0v) is 29.5. The number of rotatable bonds is 15. The van der Waals surface area contributed by atoms with Crippen molar-refractivity contribution >= 4 is 35.8 Å². The summed E-state index contributed by atoms with van der Waals surface area (Å²) in [5, 5.41) is 23.0. The number of H-pyrrole nitrogens is 1. The van der Waals surface area contributed by atoms with Crippen LogP contribution in [0, 0.1) is 11.8 Å². The predicted octanol–water partition coefficient (Wildman–Crippen LogP) is 4.46. The monoisotopic (exact) mass is 701 g/mol. The van der Waals surface area contributed by atoms with Gasteiger partial charge in [0, 0.05) is 42.2 Å². The smallest absolute Gasteiger partial charge is 0.251 e. The van der Waals surface area contributed by atoms with Crippen molar-refractivity contribution in [2.75, 3.05) is 38.0 Å². The predicted molar refractivity (Wildman–Crippen MR) is 198 cm³/mol. The van der Waals surface area contributed by atoms with E-state index in [0.29, 0.717) is 42.5 Å². The molecule has 0 radical (unpaired) electrons. The van der Waals surface area contributed by atoms with E-state index in [1.807, 2.05) is 48.5 Å². The molecule has 50 heavy (non-hydrogen) atoms. The molecule has 1 atom stereocenters. The van der Waals surface area contributed by atoms with Crippen LogP contribution >= 0.6 is 12.4 Å². The maximum absolute atomic E-state index is 13.7. The highest BCUT2D eigenvalue weighted by molar-refractivity contribution is 5.98. The van der Waals surface area contributed by atoms with E-state index in [1.54, 1.807) is 24.3 Å². The number of carbonyl (C=O) groups is 3. The summed E-state index contributed by atoms with van der Waals surface area (Å²) in [5.41, 5.74) is 10.6. The lowest BCUT2D eigenvalue weighted by Gasteiger charge is -2.28. The highest BCUT2D eigenvalue weighted by atomic mass is 35.5. The second kappa shape index (κ2) is 18.9. The number of aromatic nitrogens is 4. The Morgan fingerprint density at radius 2 is 1.62 bits per heavy atom. The van der Waals surface area contributed by atoms with E-state index < -0.39 is 6.04 Å². The molecule has 1 saturated carbocycles. The van der Waals surface area contributed by atoms with Gasteiger partial charge in [-0.1, -0.05) is 50.2 Å². The molecule has 1 aliphatic rings. The molecule has 0 aliphatic heterocycles. The molecule has 0 spiro atoms. The van der Waals surface area contributed by atoms with E-state index in [-0.39, 0.29) is 36.0 Å². The molecular weight excluding hydrogens is 654 g/mol. The molecule has 266 valence electrons. The Kier molecular flexibility index (Phi) is 14.4. The Morgan fingerprint density at radius 3 is 2.26 bits per heavy atom. The summed E-state index contributed by atoms with van der Waals surface area (Å²) < 4.78 is 0. The first kappa shape index (κ1) is 38.2. The lowest BCUT2D eigenvalue weighted by molar-refractivity contribution is -0.130. The first-order chi connectivity index (χ1) is 23.9. The third-order valence-electron chi connectivity index (χ3n) is 9.40. The van der Waals surface area contributed by atoms with Gasteiger partial charge in [-0.25, -0.2) is 0 Å². The second-order valence-electron chi connectivity index (χ2n) is 12.6. The summed E-state index contributed by atoms with van der Waals surface area (Å²) in [6, 6.07) is 21.8. The van der Waals surface area contributed by atoms with Gasteiger partial charge >= 0.3 is 0 Å². The average molecular weight is 702 g/mol. The topological polar surface area (TPSA) is 171 Å². The first-order valence-corrected chi connectivity index (χ1v) is 17.2. The van der Waals surface area contributed by atoms with Gasteiger partial charge in [0.2, 0.25) is 17.6 Å². The third-order valence-corrected chi connectivity index (χ3v) is 9.40. The molecule has 1 fully saturated rings. The normalized spacial score (nSPS) is 16.2. The van der Waals surface area contributed by atoms with E-state index in [2.05, 4.69) is 55.3 Å². The molecule has 12 nitrogen and oxygen atoms in total. The molecule has 13 heteroatoms. The number of hydrogen-bond acceptors (Lipinski definition) is 8. The Morgan fingerprint density at radius 1 is 0.920 bits per heavy atom. The van der Waals surface area contributed by atoms with Gasteiger partial charge in [-0.05, 0) is 110 Å². The van der Waals surface area contributed by atoms with Crippen molar-refractivity contribution in [3.63, 3.8) is 0 Å². The van der Waals surface area contributed by atoms with Crippen LogP contribution in [0.3, 0.4) is 0 Å². The van der Waals surface area contributed by atoms with Crippen molar-refractivity contribution in [3.05, 3.63) is 83.9 Å². The van der Waals surface area contributed by atoms with Crippen LogP contribution in [-0.4, -0.2) is 82.0 Å². The minimum absolute atomic E-state index is 0. The second-order valence-corrected chi connectivity index (χ2v) is 12.6. The van der Waals surface area contributed by atoms with Crippen LogP contribution in [0.2, 0.25) is 0 Å². The number of nitrogens with two attached hydrogens (primary N) is 1. The molecule has 0 saturated heterocycles. The highest BCUT2D eigenvalue weighted by Crippen LogP contribution is 2.29. The third kappa shape index (κ3) is 10.4. The van der Waals surface area contributed by atoms with E-state index in [9.17, 15) is 14.4 Å². The summed E-state index contributed by atoms with van der Waals surface area (Å²) in [7, 11) is 0. The van der Waals surface area contributed by atoms with E-state index >= 15 is 0 Å². The van der Waals surface area contributed by atoms with Crippen molar-refractivity contribution in [3.8, 4) is 22.5 Å². The average Bonchev–Trinajstić information content (AvgIpc) is 3.69. The number of amides is 3. The number of tetrazole rings is 1. The molecule has 1 aromatic heterocycles. The zero-order valence-electron chi connectivity index (χ0n) is 28.7. The number of nitrogens with zero attached hydrogens (tertiary/aromatic N) is 4. The molecular formula is C37H48ClN9O3. The molecule has 0 bridgehead atoms. The Bertz CT molecular complexity index is 1650. The van der Waals surface area contributed by atoms with Crippen LogP contribution in [0.1, 0.15) is 55.5 Å². The standard InChI is InChI=1S/C37H47N9O3.ClH/c1-3-46(4-2)21-20-39-35(47)31-7-5-6-30(23-31)27-12-8-25(9-13-27)22-33(41-36(48)29-14-10-26(24-38)11-15-29)37(49)40-32-18-16-28(17-19-32)34-42-44-45-43-34;/h5-9,12-13,16-19,23,26,29,33H,3-4,10-11,14-15,20-22,24,38H2,1-2H3,(H,39,47)(H,40,49)(H,41,48)(H,42,43,44,45);1H/t26?,29?,33-;/m0./s1. The van der Waals surface area contributed by atoms with Gasteiger partial charge in [0.25, 0.3) is 5.91 Å². The summed E-state index contributed by atoms with van der Waals surface area (Å²) >= 11 is 0. The molecule has 0 unspecified atom stereocenters. The van der Waals surface area contributed by atoms with Crippen LogP contribution in [0.15, 0.2) is 72.8 Å². The number of halogens is 1. The van der Waals surface area contributed by atoms with Crippen LogP contribution in [0.4, 0.5) is 5.69 Å². The quantitative estimate of drug-likeness (QED) is 0.121. The largest absolute Gasteiger partial charge is 0.351 e. The van der Waals surface area contributed by atoms with Gasteiger partial charge in [-0.3, -0.25) is 14.4 Å². The number of carbonyl (C=O) groups excluding carboxylic acids is 3. The zero-order chi connectivity index (χ0) is 34.6. The number of nitrogens with one attached hydrogen (secondary N) is 4. The highest BCUT2D eigenvalue weighted by Gasteiger charge is 2.29. The fourth-order valence-electron chi connectivity index (χ4n) is 6.25. The van der Waals surface area contributed by atoms with Gasteiger partial charge in [0.15, 0.2) is 0 Å². The van der Waals surface area contributed by atoms with Crippen molar-refractivity contribution in [1.82, 2.24) is 36.2 Å². The fourth-order valence-corrected chi connectivity index (χ4v) is 6.25. The molecule has 5 rings (SSSR count). The van der Waals surface area contributed by atoms with Crippen molar-refractivity contribution < 1.29 is 14.4 Å². The number of anilines is 1. The lowest BCUT2D eigenvalue weighted by Crippen LogP contribution is -2.48. The van der Waals surface area contributed by atoms with Crippen LogP contribution in [-0.2, 0) is 16.0 Å². The molecule has 1 heterocycles. The van der Waals surface area contributed by atoms with Crippen molar-refractivity contribution in [2.24, 2.45) is 17.6 Å². The van der Waals surface area contributed by atoms with E-state index in [1.165, 1.54) is 0 Å². The maximum Gasteiger partial charge on any atom is 0.251 e. The number of benzene rings is 3. The molecule has 4 aromatic rings. The molecule has 3 amide bonds. The summed E-state index contributed by atoms with van der Waals surface area (Å²) in [6.07, 6.45) is 3.67. The van der Waals surface area contributed by atoms with Gasteiger partial charge in [0.05, 0.1) is 0 Å². The minimum Gasteiger partial charge on any atom is -0.351 e. The lowest BCUT2D eigenvalue weighted by atomic mass is 9.81. The number of aromatic amines is 1. The Labute approximate surface area is 299 Å². The Hall–Kier alpha value is -4.65. The molecule has 6 N–H and O–H groups in total. The number of likely N-dealkylation sites (N-methyl/N-ethyl adjacent to an activating group) is 1. The fraction of sp³-hybridized carbons (Fsp3) is 0.405.